The minimum atomic E-state index is 0.180. The molecule has 0 saturated carbocycles. The standard InChI is InChI=1S/C10H21NO2/c1-5-11-6-9(7-12-4)13-8-10(11,2)3/h9H,5-8H2,1-4H3. The largest absolute Gasteiger partial charge is 0.382 e. The lowest BCUT2D eigenvalue weighted by molar-refractivity contribution is -0.116. The van der Waals surface area contributed by atoms with E-state index >= 15 is 0 Å². The summed E-state index contributed by atoms with van der Waals surface area (Å²) in [7, 11) is 1.72. The van der Waals surface area contributed by atoms with E-state index in [0.29, 0.717) is 6.61 Å². The number of likely N-dealkylation sites (N-methyl/N-ethyl adjacent to an activating group) is 1. The topological polar surface area (TPSA) is 21.7 Å². The fourth-order valence-electron chi connectivity index (χ4n) is 1.80. The monoisotopic (exact) mass is 187 g/mol. The van der Waals surface area contributed by atoms with E-state index < -0.39 is 0 Å². The number of ether oxygens (including phenoxy) is 2. The molecule has 0 aromatic rings. The summed E-state index contributed by atoms with van der Waals surface area (Å²) in [5.74, 6) is 0. The molecule has 1 heterocycles. The molecular weight excluding hydrogens is 166 g/mol. The number of rotatable bonds is 3. The van der Waals surface area contributed by atoms with E-state index in [0.717, 1.165) is 19.7 Å². The third-order valence-electron chi connectivity index (χ3n) is 2.69. The highest BCUT2D eigenvalue weighted by Crippen LogP contribution is 2.21. The van der Waals surface area contributed by atoms with Gasteiger partial charge in [-0.3, -0.25) is 4.90 Å². The molecule has 1 atom stereocenters. The lowest BCUT2D eigenvalue weighted by Crippen LogP contribution is -2.56. The molecule has 78 valence electrons. The Morgan fingerprint density at radius 2 is 2.23 bits per heavy atom. The molecule has 1 rings (SSSR count). The Morgan fingerprint density at radius 3 is 2.77 bits per heavy atom. The normalized spacial score (nSPS) is 29.1. The van der Waals surface area contributed by atoms with Crippen molar-refractivity contribution in [3.63, 3.8) is 0 Å². The summed E-state index contributed by atoms with van der Waals surface area (Å²) in [6, 6.07) is 0. The molecule has 0 radical (unpaired) electrons. The molecule has 3 nitrogen and oxygen atoms in total. The van der Waals surface area contributed by atoms with Crippen molar-refractivity contribution >= 4 is 0 Å². The van der Waals surface area contributed by atoms with Gasteiger partial charge in [0.05, 0.1) is 19.3 Å². The third kappa shape index (κ3) is 2.66. The molecule has 0 aromatic carbocycles. The fourth-order valence-corrected chi connectivity index (χ4v) is 1.80. The van der Waals surface area contributed by atoms with Crippen molar-refractivity contribution in [3.8, 4) is 0 Å². The molecule has 0 aliphatic carbocycles. The number of hydrogen-bond donors (Lipinski definition) is 0. The van der Waals surface area contributed by atoms with Gasteiger partial charge in [-0.1, -0.05) is 6.92 Å². The second-order valence-corrected chi connectivity index (χ2v) is 4.24. The zero-order chi connectivity index (χ0) is 9.90. The second kappa shape index (κ2) is 4.40. The van der Waals surface area contributed by atoms with Crippen molar-refractivity contribution < 1.29 is 9.47 Å². The maximum Gasteiger partial charge on any atom is 0.0935 e. The minimum absolute atomic E-state index is 0.180. The number of methoxy groups -OCH3 is 1. The maximum atomic E-state index is 5.70. The Balaban J connectivity index is 2.48. The average Bonchev–Trinajstić information content (AvgIpc) is 2.08. The Bertz CT molecular complexity index is 159. The first-order valence-corrected chi connectivity index (χ1v) is 4.95. The molecule has 1 aliphatic heterocycles. The van der Waals surface area contributed by atoms with Crippen LogP contribution in [0.5, 0.6) is 0 Å². The highest BCUT2D eigenvalue weighted by Gasteiger charge is 2.33. The van der Waals surface area contributed by atoms with Crippen molar-refractivity contribution in [2.45, 2.75) is 32.4 Å². The molecule has 13 heavy (non-hydrogen) atoms. The third-order valence-corrected chi connectivity index (χ3v) is 2.69. The van der Waals surface area contributed by atoms with Gasteiger partial charge in [0.15, 0.2) is 0 Å². The van der Waals surface area contributed by atoms with Crippen LogP contribution < -0.4 is 0 Å². The quantitative estimate of drug-likeness (QED) is 0.661. The fraction of sp³-hybridized carbons (Fsp3) is 1.00. The first-order chi connectivity index (χ1) is 6.10. The number of morpholine rings is 1. The van der Waals surface area contributed by atoms with Gasteiger partial charge in [-0.25, -0.2) is 0 Å². The van der Waals surface area contributed by atoms with Gasteiger partial charge in [-0.2, -0.15) is 0 Å². The summed E-state index contributed by atoms with van der Waals surface area (Å²) in [4.78, 5) is 2.44. The van der Waals surface area contributed by atoms with Crippen molar-refractivity contribution in [2.75, 3.05) is 33.4 Å². The van der Waals surface area contributed by atoms with Crippen LogP contribution in [0.15, 0.2) is 0 Å². The first kappa shape index (κ1) is 11.0. The highest BCUT2D eigenvalue weighted by molar-refractivity contribution is 4.86. The molecule has 1 unspecified atom stereocenters. The van der Waals surface area contributed by atoms with E-state index in [2.05, 4.69) is 25.7 Å². The van der Waals surface area contributed by atoms with Crippen LogP contribution in [0.25, 0.3) is 0 Å². The van der Waals surface area contributed by atoms with Gasteiger partial charge in [0.2, 0.25) is 0 Å². The Hall–Kier alpha value is -0.120. The zero-order valence-electron chi connectivity index (χ0n) is 9.17. The molecule has 1 fully saturated rings. The molecule has 0 N–H and O–H groups in total. The van der Waals surface area contributed by atoms with Gasteiger partial charge in [0, 0.05) is 19.2 Å². The molecule has 1 aliphatic rings. The van der Waals surface area contributed by atoms with Crippen LogP contribution in [0.2, 0.25) is 0 Å². The van der Waals surface area contributed by atoms with Gasteiger partial charge < -0.3 is 9.47 Å². The van der Waals surface area contributed by atoms with E-state index in [1.54, 1.807) is 7.11 Å². The summed E-state index contributed by atoms with van der Waals surface area (Å²) in [6.45, 7) is 10.2. The zero-order valence-corrected chi connectivity index (χ0v) is 9.17. The van der Waals surface area contributed by atoms with E-state index in [-0.39, 0.29) is 11.6 Å². The van der Waals surface area contributed by atoms with Crippen LogP contribution in [0.1, 0.15) is 20.8 Å². The minimum Gasteiger partial charge on any atom is -0.382 e. The summed E-state index contributed by atoms with van der Waals surface area (Å²) < 4.78 is 10.8. The summed E-state index contributed by atoms with van der Waals surface area (Å²) >= 11 is 0. The lowest BCUT2D eigenvalue weighted by atomic mass is 10.0. The number of nitrogens with zero attached hydrogens (tertiary/aromatic N) is 1. The van der Waals surface area contributed by atoms with Gasteiger partial charge in [-0.05, 0) is 20.4 Å². The first-order valence-electron chi connectivity index (χ1n) is 4.95. The highest BCUT2D eigenvalue weighted by atomic mass is 16.5. The second-order valence-electron chi connectivity index (χ2n) is 4.24. The summed E-state index contributed by atoms with van der Waals surface area (Å²) in [6.07, 6.45) is 0.248. The molecule has 0 bridgehead atoms. The Labute approximate surface area is 81.0 Å². The Kier molecular flexibility index (Phi) is 3.71. The van der Waals surface area contributed by atoms with Gasteiger partial charge in [0.25, 0.3) is 0 Å². The van der Waals surface area contributed by atoms with Gasteiger partial charge in [-0.15, -0.1) is 0 Å². The van der Waals surface area contributed by atoms with Crippen LogP contribution in [-0.2, 0) is 9.47 Å². The van der Waals surface area contributed by atoms with Gasteiger partial charge in [0.1, 0.15) is 0 Å². The molecular formula is C10H21NO2. The molecule has 1 saturated heterocycles. The lowest BCUT2D eigenvalue weighted by Gasteiger charge is -2.44. The predicted octanol–water partition coefficient (Wildman–Crippen LogP) is 1.13. The molecule has 3 heteroatoms. The van der Waals surface area contributed by atoms with Crippen molar-refractivity contribution in [3.05, 3.63) is 0 Å². The summed E-state index contributed by atoms with van der Waals surface area (Å²) in [5.41, 5.74) is 0.180. The van der Waals surface area contributed by atoms with Crippen molar-refractivity contribution in [1.29, 1.82) is 0 Å². The maximum absolute atomic E-state index is 5.70. The Morgan fingerprint density at radius 1 is 1.54 bits per heavy atom. The van der Waals surface area contributed by atoms with Crippen molar-refractivity contribution in [1.82, 2.24) is 4.90 Å². The molecule has 0 aromatic heterocycles. The van der Waals surface area contributed by atoms with E-state index in [1.165, 1.54) is 0 Å². The molecule has 0 spiro atoms. The smallest absolute Gasteiger partial charge is 0.0935 e. The van der Waals surface area contributed by atoms with Crippen molar-refractivity contribution in [2.24, 2.45) is 0 Å². The van der Waals surface area contributed by atoms with E-state index in [9.17, 15) is 0 Å². The molecule has 0 amide bonds. The van der Waals surface area contributed by atoms with Crippen LogP contribution in [0.4, 0.5) is 0 Å². The van der Waals surface area contributed by atoms with E-state index in [4.69, 9.17) is 9.47 Å². The number of hydrogen-bond acceptors (Lipinski definition) is 3. The van der Waals surface area contributed by atoms with Gasteiger partial charge >= 0.3 is 0 Å². The average molecular weight is 187 g/mol. The summed E-state index contributed by atoms with van der Waals surface area (Å²) in [5, 5.41) is 0. The van der Waals surface area contributed by atoms with Crippen LogP contribution >= 0.6 is 0 Å². The predicted molar refractivity (Wildman–Crippen MR) is 52.9 cm³/mol. The van der Waals surface area contributed by atoms with E-state index in [1.807, 2.05) is 0 Å². The van der Waals surface area contributed by atoms with Crippen LogP contribution in [0, 0.1) is 0 Å². The van der Waals surface area contributed by atoms with Crippen LogP contribution in [0.3, 0.4) is 0 Å². The SMILES string of the molecule is CCN1CC(COC)OCC1(C)C. The van der Waals surface area contributed by atoms with Crippen LogP contribution in [-0.4, -0.2) is 50.0 Å².